The fraction of sp³-hybridized carbons (Fsp3) is 0. The van der Waals surface area contributed by atoms with Gasteiger partial charge in [-0.2, -0.15) is 0 Å². The molecule has 0 aromatic heterocycles. The van der Waals surface area contributed by atoms with E-state index in [9.17, 15) is 9.59 Å². The Bertz CT molecular complexity index is 2000. The number of hydrogen-bond acceptors (Lipinski definition) is 2. The van der Waals surface area contributed by atoms with Crippen LogP contribution in [0.2, 0.25) is 0 Å². The molecule has 0 atom stereocenters. The zero-order valence-electron chi connectivity index (χ0n) is 22.1. The smallest absolute Gasteiger partial charge is 0.252 e. The standard InChI is InChI=1S/C38H20Cl2O2/c39-37(41)31-19-21-35(29(23-31)17-15-27-11-5-9-25-7-1-3-13-33(25)27)36-22-20-32(38(40)42)24-30(36)18-16-28-12-6-10-26-8-2-4-14-34(26)28/h1-14,19-24H. The van der Waals surface area contributed by atoms with Crippen LogP contribution in [0.1, 0.15) is 43.0 Å². The van der Waals surface area contributed by atoms with Crippen LogP contribution in [0.15, 0.2) is 121 Å². The van der Waals surface area contributed by atoms with Crippen molar-refractivity contribution in [2.45, 2.75) is 0 Å². The molecule has 6 aromatic carbocycles. The van der Waals surface area contributed by atoms with Gasteiger partial charge in [0.05, 0.1) is 0 Å². The van der Waals surface area contributed by atoms with Crippen molar-refractivity contribution in [3.05, 3.63) is 155 Å². The summed E-state index contributed by atoms with van der Waals surface area (Å²) in [6, 6.07) is 38.3. The van der Waals surface area contributed by atoms with Crippen molar-refractivity contribution < 1.29 is 9.59 Å². The van der Waals surface area contributed by atoms with Crippen molar-refractivity contribution in [3.63, 3.8) is 0 Å². The first-order chi connectivity index (χ1) is 20.5. The van der Waals surface area contributed by atoms with Gasteiger partial charge in [0, 0.05) is 33.4 Å². The van der Waals surface area contributed by atoms with Gasteiger partial charge in [-0.15, -0.1) is 0 Å². The van der Waals surface area contributed by atoms with Crippen LogP contribution in [0.25, 0.3) is 32.7 Å². The Labute approximate surface area is 253 Å². The minimum Gasteiger partial charge on any atom is -0.276 e. The molecule has 0 aliphatic heterocycles. The molecule has 198 valence electrons. The number of fused-ring (bicyclic) bond motifs is 2. The van der Waals surface area contributed by atoms with E-state index in [0.29, 0.717) is 22.3 Å². The van der Waals surface area contributed by atoms with Crippen molar-refractivity contribution in [1.29, 1.82) is 0 Å². The molecule has 0 bridgehead atoms. The number of hydrogen-bond donors (Lipinski definition) is 0. The number of carbonyl (C=O) groups is 2. The minimum absolute atomic E-state index is 0.332. The largest absolute Gasteiger partial charge is 0.276 e. The average molecular weight is 579 g/mol. The van der Waals surface area contributed by atoms with Gasteiger partial charge in [0.1, 0.15) is 0 Å². The second-order valence-electron chi connectivity index (χ2n) is 9.62. The van der Waals surface area contributed by atoms with Crippen molar-refractivity contribution in [3.8, 4) is 34.8 Å². The van der Waals surface area contributed by atoms with E-state index in [4.69, 9.17) is 23.2 Å². The van der Waals surface area contributed by atoms with Gasteiger partial charge >= 0.3 is 0 Å². The summed E-state index contributed by atoms with van der Waals surface area (Å²) in [5.41, 5.74) is 5.10. The summed E-state index contributed by atoms with van der Waals surface area (Å²) >= 11 is 11.7. The van der Waals surface area contributed by atoms with Gasteiger partial charge in [0.2, 0.25) is 0 Å². The Morgan fingerprint density at radius 1 is 0.429 bits per heavy atom. The van der Waals surface area contributed by atoms with Gasteiger partial charge in [-0.05, 0) is 92.3 Å². The van der Waals surface area contributed by atoms with Crippen LogP contribution in [0, 0.1) is 23.7 Å². The first-order valence-corrected chi connectivity index (χ1v) is 13.9. The summed E-state index contributed by atoms with van der Waals surface area (Å²) in [7, 11) is 0. The van der Waals surface area contributed by atoms with Crippen LogP contribution in [-0.4, -0.2) is 10.5 Å². The molecule has 0 saturated heterocycles. The third-order valence-corrected chi connectivity index (χ3v) is 7.46. The lowest BCUT2D eigenvalue weighted by Crippen LogP contribution is -1.97. The van der Waals surface area contributed by atoms with Gasteiger partial charge < -0.3 is 0 Å². The average Bonchev–Trinajstić information content (AvgIpc) is 3.02. The molecular formula is C38H20Cl2O2. The summed E-state index contributed by atoms with van der Waals surface area (Å²) in [6.07, 6.45) is 0. The molecule has 0 radical (unpaired) electrons. The molecule has 42 heavy (non-hydrogen) atoms. The van der Waals surface area contributed by atoms with Crippen LogP contribution in [0.3, 0.4) is 0 Å². The Balaban J connectivity index is 1.54. The Morgan fingerprint density at radius 3 is 1.24 bits per heavy atom. The number of halogens is 2. The molecular weight excluding hydrogens is 559 g/mol. The summed E-state index contributed by atoms with van der Waals surface area (Å²) in [6.45, 7) is 0. The quantitative estimate of drug-likeness (QED) is 0.155. The monoisotopic (exact) mass is 578 g/mol. The molecule has 0 saturated carbocycles. The first kappa shape index (κ1) is 27.1. The van der Waals surface area contributed by atoms with Crippen molar-refractivity contribution >= 4 is 55.2 Å². The lowest BCUT2D eigenvalue weighted by Gasteiger charge is -2.10. The van der Waals surface area contributed by atoms with E-state index in [1.54, 1.807) is 24.3 Å². The van der Waals surface area contributed by atoms with Gasteiger partial charge in [-0.25, -0.2) is 0 Å². The number of rotatable bonds is 3. The fourth-order valence-corrected chi connectivity index (χ4v) is 5.18. The maximum absolute atomic E-state index is 12.1. The summed E-state index contributed by atoms with van der Waals surface area (Å²) in [4.78, 5) is 24.2. The van der Waals surface area contributed by atoms with Crippen molar-refractivity contribution in [1.82, 2.24) is 0 Å². The van der Waals surface area contributed by atoms with Crippen molar-refractivity contribution in [2.24, 2.45) is 0 Å². The lowest BCUT2D eigenvalue weighted by atomic mass is 9.92. The molecule has 0 spiro atoms. The Kier molecular flexibility index (Phi) is 7.59. The number of benzene rings is 6. The summed E-state index contributed by atoms with van der Waals surface area (Å²) in [5.74, 6) is 13.1. The van der Waals surface area contributed by atoms with Gasteiger partial charge in [0.25, 0.3) is 10.5 Å². The highest BCUT2D eigenvalue weighted by Crippen LogP contribution is 2.30. The molecule has 4 heteroatoms. The second kappa shape index (κ2) is 11.8. The highest BCUT2D eigenvalue weighted by Gasteiger charge is 2.14. The SMILES string of the molecule is O=C(Cl)c1ccc(-c2ccc(C(=O)Cl)cc2C#Cc2cccc3ccccc23)c(C#Cc2cccc3ccccc23)c1. The zero-order chi connectivity index (χ0) is 29.1. The Morgan fingerprint density at radius 2 is 0.810 bits per heavy atom. The van der Waals surface area contributed by atoms with Crippen molar-refractivity contribution in [2.75, 3.05) is 0 Å². The van der Waals surface area contributed by atoms with E-state index in [1.807, 2.05) is 97.1 Å². The van der Waals surface area contributed by atoms with Crippen LogP contribution in [-0.2, 0) is 0 Å². The second-order valence-corrected chi connectivity index (χ2v) is 10.3. The van der Waals surface area contributed by atoms with Gasteiger partial charge in [-0.1, -0.05) is 109 Å². The number of carbonyl (C=O) groups excluding carboxylic acids is 2. The van der Waals surface area contributed by atoms with Crippen LogP contribution >= 0.6 is 23.2 Å². The maximum atomic E-state index is 12.1. The highest BCUT2D eigenvalue weighted by molar-refractivity contribution is 6.68. The topological polar surface area (TPSA) is 34.1 Å². The van der Waals surface area contributed by atoms with E-state index in [0.717, 1.165) is 43.8 Å². The van der Waals surface area contributed by atoms with E-state index >= 15 is 0 Å². The van der Waals surface area contributed by atoms with Crippen LogP contribution in [0.5, 0.6) is 0 Å². The van der Waals surface area contributed by atoms with Gasteiger partial charge in [0.15, 0.2) is 0 Å². The van der Waals surface area contributed by atoms with Crippen LogP contribution in [0.4, 0.5) is 0 Å². The minimum atomic E-state index is -0.575. The predicted molar refractivity (Wildman–Crippen MR) is 172 cm³/mol. The van der Waals surface area contributed by atoms with E-state index < -0.39 is 10.5 Å². The lowest BCUT2D eigenvalue weighted by molar-refractivity contribution is 0.107. The van der Waals surface area contributed by atoms with Crippen LogP contribution < -0.4 is 0 Å². The third-order valence-electron chi connectivity index (χ3n) is 7.03. The first-order valence-electron chi connectivity index (χ1n) is 13.2. The fourth-order valence-electron chi connectivity index (χ4n) is 4.95. The van der Waals surface area contributed by atoms with E-state index in [1.165, 1.54) is 0 Å². The highest BCUT2D eigenvalue weighted by atomic mass is 35.5. The Hall–Kier alpha value is -5.12. The predicted octanol–water partition coefficient (Wildman–Crippen LogP) is 9.22. The molecule has 0 heterocycles. The molecule has 2 nitrogen and oxygen atoms in total. The molecule has 0 fully saturated rings. The molecule has 0 unspecified atom stereocenters. The zero-order valence-corrected chi connectivity index (χ0v) is 23.6. The summed E-state index contributed by atoms with van der Waals surface area (Å²) in [5, 5.41) is 3.08. The van der Waals surface area contributed by atoms with E-state index in [-0.39, 0.29) is 0 Å². The molecule has 0 N–H and O–H groups in total. The van der Waals surface area contributed by atoms with E-state index in [2.05, 4.69) is 23.7 Å². The third kappa shape index (κ3) is 5.56. The molecule has 0 aliphatic carbocycles. The van der Waals surface area contributed by atoms with Gasteiger partial charge in [-0.3, -0.25) is 9.59 Å². The molecule has 0 amide bonds. The summed E-state index contributed by atoms with van der Waals surface area (Å²) < 4.78 is 0. The normalized spacial score (nSPS) is 10.4. The molecule has 6 rings (SSSR count). The molecule has 6 aromatic rings. The molecule has 0 aliphatic rings. The maximum Gasteiger partial charge on any atom is 0.252 e.